The molecule has 168 valence electrons. The summed E-state index contributed by atoms with van der Waals surface area (Å²) in [6.07, 6.45) is 2.28. The monoisotopic (exact) mass is 444 g/mol. The van der Waals surface area contributed by atoms with Gasteiger partial charge in [0.1, 0.15) is 17.5 Å². The molecular weight excluding hydrogens is 417 g/mol. The van der Waals surface area contributed by atoms with Gasteiger partial charge in [0.2, 0.25) is 0 Å². The predicted molar refractivity (Wildman–Crippen MR) is 130 cm³/mol. The Morgan fingerprint density at radius 1 is 0.667 bits per heavy atom. The quantitative estimate of drug-likeness (QED) is 0.267. The average Bonchev–Trinajstić information content (AvgIpc) is 2.81. The van der Waals surface area contributed by atoms with Crippen molar-refractivity contribution in [3.63, 3.8) is 0 Å². The smallest absolute Gasteiger partial charge is 0.134 e. The van der Waals surface area contributed by atoms with Crippen molar-refractivity contribution in [2.75, 3.05) is 0 Å². The molecule has 0 aliphatic heterocycles. The van der Waals surface area contributed by atoms with Crippen LogP contribution in [0.15, 0.2) is 84.9 Å². The molecule has 0 radical (unpaired) electrons. The molecule has 0 aliphatic rings. The lowest BCUT2D eigenvalue weighted by atomic mass is 9.92. The predicted octanol–water partition coefficient (Wildman–Crippen LogP) is 8.74. The van der Waals surface area contributed by atoms with E-state index in [2.05, 4.69) is 19.1 Å². The zero-order chi connectivity index (χ0) is 23.4. The van der Waals surface area contributed by atoms with E-state index in [0.29, 0.717) is 23.5 Å². The molecule has 0 nitrogen and oxygen atoms in total. The number of hydrogen-bond acceptors (Lipinski definition) is 0. The minimum Gasteiger partial charge on any atom is -0.207 e. The topological polar surface area (TPSA) is 0 Å². The number of hydrogen-bond donors (Lipinski definition) is 0. The molecule has 0 N–H and O–H groups in total. The second-order valence-corrected chi connectivity index (χ2v) is 8.58. The molecule has 33 heavy (non-hydrogen) atoms. The third-order valence-corrected chi connectivity index (χ3v) is 6.10. The van der Waals surface area contributed by atoms with Gasteiger partial charge in [0, 0.05) is 0 Å². The van der Waals surface area contributed by atoms with Gasteiger partial charge in [0.15, 0.2) is 0 Å². The van der Waals surface area contributed by atoms with Crippen molar-refractivity contribution in [2.45, 2.75) is 39.0 Å². The van der Waals surface area contributed by atoms with Crippen LogP contribution >= 0.6 is 0 Å². The van der Waals surface area contributed by atoms with Crippen molar-refractivity contribution in [3.8, 4) is 22.3 Å². The van der Waals surface area contributed by atoms with E-state index in [-0.39, 0.29) is 11.1 Å². The van der Waals surface area contributed by atoms with E-state index in [1.807, 2.05) is 49.4 Å². The highest BCUT2D eigenvalue weighted by atomic mass is 19.1. The molecule has 1 atom stereocenters. The van der Waals surface area contributed by atoms with Crippen molar-refractivity contribution in [3.05, 3.63) is 119 Å². The summed E-state index contributed by atoms with van der Waals surface area (Å²) in [5, 5.41) is 0. The minimum absolute atomic E-state index is 0.200. The van der Waals surface area contributed by atoms with Crippen LogP contribution in [0.4, 0.5) is 13.2 Å². The van der Waals surface area contributed by atoms with Crippen LogP contribution in [0.2, 0.25) is 0 Å². The molecule has 0 amide bonds. The van der Waals surface area contributed by atoms with Crippen molar-refractivity contribution >= 4 is 0 Å². The molecule has 0 spiro atoms. The number of halogens is 3. The van der Waals surface area contributed by atoms with Crippen LogP contribution in [0.1, 0.15) is 42.9 Å². The molecule has 1 unspecified atom stereocenters. The lowest BCUT2D eigenvalue weighted by Gasteiger charge is -2.13. The molecule has 0 aliphatic carbocycles. The second kappa shape index (κ2) is 10.1. The van der Waals surface area contributed by atoms with E-state index in [4.69, 9.17) is 0 Å². The fourth-order valence-electron chi connectivity index (χ4n) is 4.28. The highest BCUT2D eigenvalue weighted by Gasteiger charge is 2.16. The Kier molecular flexibility index (Phi) is 6.98. The number of benzene rings is 4. The third kappa shape index (κ3) is 5.19. The highest BCUT2D eigenvalue weighted by molar-refractivity contribution is 5.72. The van der Waals surface area contributed by atoms with E-state index in [0.717, 1.165) is 24.0 Å². The molecular formula is C30H27F3. The first kappa shape index (κ1) is 22.8. The summed E-state index contributed by atoms with van der Waals surface area (Å²) in [5.41, 5.74) is 4.20. The van der Waals surface area contributed by atoms with Crippen LogP contribution in [0.25, 0.3) is 22.3 Å². The normalized spacial score (nSPS) is 12.0. The molecule has 4 aromatic rings. The van der Waals surface area contributed by atoms with Crippen molar-refractivity contribution < 1.29 is 13.2 Å². The average molecular weight is 445 g/mol. The highest BCUT2D eigenvalue weighted by Crippen LogP contribution is 2.32. The maximum Gasteiger partial charge on any atom is 0.134 e. The van der Waals surface area contributed by atoms with Gasteiger partial charge in [0.05, 0.1) is 5.56 Å². The van der Waals surface area contributed by atoms with Crippen LogP contribution in [-0.2, 0) is 12.8 Å². The SMILES string of the molecule is CCCc1ccc(-c2c(F)cc(-c3ccc(CC(C)c4ccccc4)cc3)cc2F)cc1F. The van der Waals surface area contributed by atoms with Crippen LogP contribution in [0.3, 0.4) is 0 Å². The third-order valence-electron chi connectivity index (χ3n) is 6.10. The van der Waals surface area contributed by atoms with Gasteiger partial charge in [-0.1, -0.05) is 87.0 Å². The van der Waals surface area contributed by atoms with Gasteiger partial charge in [-0.15, -0.1) is 0 Å². The second-order valence-electron chi connectivity index (χ2n) is 8.58. The Morgan fingerprint density at radius 3 is 1.88 bits per heavy atom. The molecule has 0 fully saturated rings. The molecule has 0 bridgehead atoms. The summed E-state index contributed by atoms with van der Waals surface area (Å²) < 4.78 is 44.2. The van der Waals surface area contributed by atoms with E-state index in [1.165, 1.54) is 23.8 Å². The molecule has 3 heteroatoms. The Balaban J connectivity index is 1.56. The Morgan fingerprint density at radius 2 is 1.27 bits per heavy atom. The molecule has 4 rings (SSSR count). The summed E-state index contributed by atoms with van der Waals surface area (Å²) in [7, 11) is 0. The van der Waals surface area contributed by atoms with E-state index in [9.17, 15) is 13.2 Å². The first-order chi connectivity index (χ1) is 16.0. The fourth-order valence-corrected chi connectivity index (χ4v) is 4.28. The largest absolute Gasteiger partial charge is 0.207 e. The number of aryl methyl sites for hydroxylation is 1. The maximum absolute atomic E-state index is 14.9. The zero-order valence-electron chi connectivity index (χ0n) is 18.9. The van der Waals surface area contributed by atoms with Gasteiger partial charge < -0.3 is 0 Å². The van der Waals surface area contributed by atoms with Crippen LogP contribution in [0.5, 0.6) is 0 Å². The van der Waals surface area contributed by atoms with Crippen molar-refractivity contribution in [1.29, 1.82) is 0 Å². The molecule has 0 aromatic heterocycles. The standard InChI is InChI=1S/C30H27F3/c1-3-7-24-14-15-25(17-27(24)31)30-28(32)18-26(19-29(30)33)23-12-10-21(11-13-23)16-20(2)22-8-5-4-6-9-22/h4-6,8-15,17-20H,3,7,16H2,1-2H3. The summed E-state index contributed by atoms with van der Waals surface area (Å²) in [6.45, 7) is 4.15. The molecule has 0 saturated carbocycles. The van der Waals surface area contributed by atoms with Crippen molar-refractivity contribution in [1.82, 2.24) is 0 Å². The summed E-state index contributed by atoms with van der Waals surface area (Å²) >= 11 is 0. The van der Waals surface area contributed by atoms with E-state index >= 15 is 0 Å². The lowest BCUT2D eigenvalue weighted by Crippen LogP contribution is -1.98. The summed E-state index contributed by atoms with van der Waals surface area (Å²) in [4.78, 5) is 0. The minimum atomic E-state index is -0.700. The van der Waals surface area contributed by atoms with Crippen LogP contribution in [-0.4, -0.2) is 0 Å². The van der Waals surface area contributed by atoms with Gasteiger partial charge >= 0.3 is 0 Å². The van der Waals surface area contributed by atoms with Gasteiger partial charge in [-0.3, -0.25) is 0 Å². The van der Waals surface area contributed by atoms with Gasteiger partial charge in [0.25, 0.3) is 0 Å². The van der Waals surface area contributed by atoms with E-state index in [1.54, 1.807) is 12.1 Å². The first-order valence-electron chi connectivity index (χ1n) is 11.4. The van der Waals surface area contributed by atoms with Crippen LogP contribution in [0, 0.1) is 17.5 Å². The van der Waals surface area contributed by atoms with Gasteiger partial charge in [-0.25, -0.2) is 13.2 Å². The zero-order valence-corrected chi connectivity index (χ0v) is 18.9. The molecule has 0 saturated heterocycles. The van der Waals surface area contributed by atoms with Crippen molar-refractivity contribution in [2.24, 2.45) is 0 Å². The Hall–Kier alpha value is -3.33. The summed E-state index contributed by atoms with van der Waals surface area (Å²) in [5.74, 6) is -1.46. The van der Waals surface area contributed by atoms with Crippen LogP contribution < -0.4 is 0 Å². The van der Waals surface area contributed by atoms with Gasteiger partial charge in [-0.2, -0.15) is 0 Å². The van der Waals surface area contributed by atoms with Gasteiger partial charge in [-0.05, 0) is 70.3 Å². The first-order valence-corrected chi connectivity index (χ1v) is 11.4. The number of rotatable bonds is 7. The lowest BCUT2D eigenvalue weighted by molar-refractivity contribution is 0.588. The molecule has 4 aromatic carbocycles. The summed E-state index contributed by atoms with van der Waals surface area (Å²) in [6, 6.07) is 25.1. The molecule has 0 heterocycles. The Labute approximate surface area is 193 Å². The van der Waals surface area contributed by atoms with E-state index < -0.39 is 17.5 Å². The Bertz CT molecular complexity index is 1200. The maximum atomic E-state index is 14.9. The fraction of sp³-hybridized carbons (Fsp3) is 0.200.